The summed E-state index contributed by atoms with van der Waals surface area (Å²) in [7, 11) is 0. The summed E-state index contributed by atoms with van der Waals surface area (Å²) in [4.78, 5) is 31.5. The Kier molecular flexibility index (Phi) is 5.02. The molecule has 1 aliphatic heterocycles. The van der Waals surface area contributed by atoms with Gasteiger partial charge in [0.1, 0.15) is 5.82 Å². The van der Waals surface area contributed by atoms with Crippen LogP contribution in [0.4, 0.5) is 10.1 Å². The number of carbonyl (C=O) groups excluding carboxylic acids is 2. The van der Waals surface area contributed by atoms with Gasteiger partial charge in [-0.2, -0.15) is 0 Å². The largest absolute Gasteiger partial charge is 0.338 e. The number of rotatable bonds is 3. The number of pyridine rings is 1. The Morgan fingerprint density at radius 3 is 2.68 bits per heavy atom. The van der Waals surface area contributed by atoms with Gasteiger partial charge in [0.25, 0.3) is 5.91 Å². The minimum atomic E-state index is -0.379. The number of para-hydroxylation sites is 1. The van der Waals surface area contributed by atoms with Gasteiger partial charge in [-0.05, 0) is 49.2 Å². The lowest BCUT2D eigenvalue weighted by Gasteiger charge is -2.32. The van der Waals surface area contributed by atoms with Gasteiger partial charge in [0, 0.05) is 30.2 Å². The predicted octanol–water partition coefficient (Wildman–Crippen LogP) is 3.86. The van der Waals surface area contributed by atoms with Crippen molar-refractivity contribution < 1.29 is 14.0 Å². The van der Waals surface area contributed by atoms with Crippen molar-refractivity contribution in [3.63, 3.8) is 0 Å². The SMILES string of the molecule is O=C(Nc1cccc2cccnc12)C1CCCN(C(=O)c2ccc(F)cc2)C1. The minimum Gasteiger partial charge on any atom is -0.338 e. The molecule has 1 aliphatic rings. The molecule has 5 nitrogen and oxygen atoms in total. The Balaban J connectivity index is 1.47. The van der Waals surface area contributed by atoms with Crippen molar-refractivity contribution in [2.75, 3.05) is 18.4 Å². The third-order valence-corrected chi connectivity index (χ3v) is 5.06. The lowest BCUT2D eigenvalue weighted by atomic mass is 9.96. The first-order chi connectivity index (χ1) is 13.6. The molecule has 1 aromatic heterocycles. The quantitative estimate of drug-likeness (QED) is 0.754. The van der Waals surface area contributed by atoms with Crippen molar-refractivity contribution >= 4 is 28.4 Å². The average molecular weight is 377 g/mol. The van der Waals surface area contributed by atoms with Gasteiger partial charge in [0.2, 0.25) is 5.91 Å². The second-order valence-corrected chi connectivity index (χ2v) is 6.97. The molecule has 1 unspecified atom stereocenters. The van der Waals surface area contributed by atoms with Crippen LogP contribution in [0.25, 0.3) is 10.9 Å². The zero-order valence-electron chi connectivity index (χ0n) is 15.3. The number of anilines is 1. The highest BCUT2D eigenvalue weighted by Crippen LogP contribution is 2.24. The topological polar surface area (TPSA) is 62.3 Å². The maximum atomic E-state index is 13.1. The van der Waals surface area contributed by atoms with Crippen LogP contribution >= 0.6 is 0 Å². The van der Waals surface area contributed by atoms with E-state index in [1.54, 1.807) is 11.1 Å². The molecule has 2 amide bonds. The summed E-state index contributed by atoms with van der Waals surface area (Å²) in [6, 6.07) is 15.0. The fraction of sp³-hybridized carbons (Fsp3) is 0.227. The van der Waals surface area contributed by atoms with Crippen molar-refractivity contribution in [1.82, 2.24) is 9.88 Å². The van der Waals surface area contributed by atoms with E-state index in [1.165, 1.54) is 24.3 Å². The molecule has 1 fully saturated rings. The van der Waals surface area contributed by atoms with Gasteiger partial charge in [-0.1, -0.05) is 18.2 Å². The fourth-order valence-electron chi connectivity index (χ4n) is 3.59. The van der Waals surface area contributed by atoms with Crippen LogP contribution in [0.15, 0.2) is 60.8 Å². The molecule has 0 spiro atoms. The first-order valence-electron chi connectivity index (χ1n) is 9.31. The van der Waals surface area contributed by atoms with Crippen LogP contribution in [-0.4, -0.2) is 34.8 Å². The van der Waals surface area contributed by atoms with Gasteiger partial charge >= 0.3 is 0 Å². The summed E-state index contributed by atoms with van der Waals surface area (Å²) in [5, 5.41) is 3.93. The third-order valence-electron chi connectivity index (χ3n) is 5.06. The lowest BCUT2D eigenvalue weighted by Crippen LogP contribution is -2.43. The molecule has 2 heterocycles. The number of halogens is 1. The Labute approximate surface area is 162 Å². The van der Waals surface area contributed by atoms with Crippen molar-refractivity contribution in [3.05, 3.63) is 72.2 Å². The molecule has 142 valence electrons. The Morgan fingerprint density at radius 2 is 1.86 bits per heavy atom. The summed E-state index contributed by atoms with van der Waals surface area (Å²) in [5.41, 5.74) is 1.85. The van der Waals surface area contributed by atoms with Crippen LogP contribution in [0.5, 0.6) is 0 Å². The highest BCUT2D eigenvalue weighted by Gasteiger charge is 2.29. The van der Waals surface area contributed by atoms with Crippen molar-refractivity contribution in [2.45, 2.75) is 12.8 Å². The Bertz CT molecular complexity index is 1010. The highest BCUT2D eigenvalue weighted by atomic mass is 19.1. The van der Waals surface area contributed by atoms with Crippen LogP contribution in [0.1, 0.15) is 23.2 Å². The van der Waals surface area contributed by atoms with E-state index in [0.29, 0.717) is 24.3 Å². The van der Waals surface area contributed by atoms with Gasteiger partial charge in [-0.15, -0.1) is 0 Å². The number of piperidine rings is 1. The number of hydrogen-bond acceptors (Lipinski definition) is 3. The molecule has 1 saturated heterocycles. The molecule has 2 aromatic carbocycles. The van der Waals surface area contributed by atoms with E-state index in [0.717, 1.165) is 23.7 Å². The van der Waals surface area contributed by atoms with Crippen molar-refractivity contribution in [3.8, 4) is 0 Å². The second kappa shape index (κ2) is 7.76. The number of amides is 2. The molecule has 3 aromatic rings. The van der Waals surface area contributed by atoms with Crippen molar-refractivity contribution in [1.29, 1.82) is 0 Å². The minimum absolute atomic E-state index is 0.116. The van der Waals surface area contributed by atoms with Crippen LogP contribution in [0.2, 0.25) is 0 Å². The molecule has 6 heteroatoms. The predicted molar refractivity (Wildman–Crippen MR) is 105 cm³/mol. The number of fused-ring (bicyclic) bond motifs is 1. The molecule has 0 saturated carbocycles. The van der Waals surface area contributed by atoms with Gasteiger partial charge in [0.15, 0.2) is 0 Å². The molecule has 28 heavy (non-hydrogen) atoms. The Morgan fingerprint density at radius 1 is 1.07 bits per heavy atom. The van der Waals surface area contributed by atoms with Gasteiger partial charge < -0.3 is 10.2 Å². The van der Waals surface area contributed by atoms with Gasteiger partial charge in [0.05, 0.1) is 17.1 Å². The van der Waals surface area contributed by atoms with E-state index in [1.807, 2.05) is 30.3 Å². The Hall–Kier alpha value is -3.28. The molecule has 1 N–H and O–H groups in total. The number of likely N-dealkylation sites (tertiary alicyclic amines) is 1. The summed E-state index contributed by atoms with van der Waals surface area (Å²) >= 11 is 0. The van der Waals surface area contributed by atoms with E-state index in [2.05, 4.69) is 10.3 Å². The van der Waals surface area contributed by atoms with Crippen LogP contribution in [0, 0.1) is 11.7 Å². The normalized spacial score (nSPS) is 16.8. The van der Waals surface area contributed by atoms with E-state index in [9.17, 15) is 14.0 Å². The number of benzene rings is 2. The lowest BCUT2D eigenvalue weighted by molar-refractivity contribution is -0.121. The summed E-state index contributed by atoms with van der Waals surface area (Å²) in [5.74, 6) is -0.965. The number of carbonyl (C=O) groups is 2. The first kappa shape index (κ1) is 18.1. The summed E-state index contributed by atoms with van der Waals surface area (Å²) in [6.45, 7) is 0.941. The van der Waals surface area contributed by atoms with Crippen LogP contribution in [0.3, 0.4) is 0 Å². The molecular formula is C22H20FN3O2. The number of hydrogen-bond donors (Lipinski definition) is 1. The molecule has 0 bridgehead atoms. The summed E-state index contributed by atoms with van der Waals surface area (Å²) in [6.07, 6.45) is 3.16. The molecule has 0 aliphatic carbocycles. The zero-order valence-corrected chi connectivity index (χ0v) is 15.3. The van der Waals surface area contributed by atoms with E-state index in [-0.39, 0.29) is 23.5 Å². The van der Waals surface area contributed by atoms with E-state index in [4.69, 9.17) is 0 Å². The second-order valence-electron chi connectivity index (χ2n) is 6.97. The molecule has 4 rings (SSSR count). The number of nitrogens with one attached hydrogen (secondary N) is 1. The number of aromatic nitrogens is 1. The maximum absolute atomic E-state index is 13.1. The van der Waals surface area contributed by atoms with Crippen LogP contribution < -0.4 is 5.32 Å². The molecule has 0 radical (unpaired) electrons. The molecule has 1 atom stereocenters. The summed E-state index contributed by atoms with van der Waals surface area (Å²) < 4.78 is 13.1. The smallest absolute Gasteiger partial charge is 0.253 e. The van der Waals surface area contributed by atoms with Gasteiger partial charge in [-0.3, -0.25) is 14.6 Å². The first-order valence-corrected chi connectivity index (χ1v) is 9.31. The van der Waals surface area contributed by atoms with Crippen LogP contribution in [-0.2, 0) is 4.79 Å². The molecular weight excluding hydrogens is 357 g/mol. The fourth-order valence-corrected chi connectivity index (χ4v) is 3.59. The zero-order chi connectivity index (χ0) is 19.5. The number of nitrogens with zero attached hydrogens (tertiary/aromatic N) is 2. The standard InChI is InChI=1S/C22H20FN3O2/c23-18-10-8-16(9-11-18)22(28)26-13-3-6-17(14-26)21(27)25-19-7-1-4-15-5-2-12-24-20(15)19/h1-2,4-5,7-12,17H,3,6,13-14H2,(H,25,27). The highest BCUT2D eigenvalue weighted by molar-refractivity contribution is 6.01. The average Bonchev–Trinajstić information content (AvgIpc) is 2.74. The van der Waals surface area contributed by atoms with E-state index >= 15 is 0 Å². The van der Waals surface area contributed by atoms with E-state index < -0.39 is 0 Å². The van der Waals surface area contributed by atoms with Crippen molar-refractivity contribution in [2.24, 2.45) is 5.92 Å². The van der Waals surface area contributed by atoms with Gasteiger partial charge in [-0.25, -0.2) is 4.39 Å². The third kappa shape index (κ3) is 3.71. The monoisotopic (exact) mass is 377 g/mol. The maximum Gasteiger partial charge on any atom is 0.253 e.